The lowest BCUT2D eigenvalue weighted by molar-refractivity contribution is -0.142. The molecule has 3 heterocycles. The molecule has 0 bridgehead atoms. The van der Waals surface area contributed by atoms with Gasteiger partial charge in [0.2, 0.25) is 11.8 Å². The van der Waals surface area contributed by atoms with Crippen molar-refractivity contribution >= 4 is 23.4 Å². The number of nitrogens with zero attached hydrogens (tertiary/aromatic N) is 5. The summed E-state index contributed by atoms with van der Waals surface area (Å²) >= 11 is 0. The molecule has 3 amide bonds. The van der Waals surface area contributed by atoms with Crippen LogP contribution in [0.15, 0.2) is 48.9 Å². The second-order valence-electron chi connectivity index (χ2n) is 7.21. The van der Waals surface area contributed by atoms with Crippen molar-refractivity contribution in [1.29, 1.82) is 0 Å². The zero-order chi connectivity index (χ0) is 19.7. The summed E-state index contributed by atoms with van der Waals surface area (Å²) in [6.07, 6.45) is 5.05. The first-order valence-corrected chi connectivity index (χ1v) is 9.19. The van der Waals surface area contributed by atoms with Gasteiger partial charge in [0.25, 0.3) is 5.91 Å². The molecule has 2 saturated heterocycles. The zero-order valence-corrected chi connectivity index (χ0v) is 15.6. The number of para-hydroxylation sites is 1. The highest BCUT2D eigenvalue weighted by Gasteiger charge is 2.51. The van der Waals surface area contributed by atoms with Crippen molar-refractivity contribution < 1.29 is 14.4 Å². The van der Waals surface area contributed by atoms with E-state index < -0.39 is 5.54 Å². The van der Waals surface area contributed by atoms with Crippen molar-refractivity contribution in [3.05, 3.63) is 54.6 Å². The topological polar surface area (TPSA) is 86.7 Å². The van der Waals surface area contributed by atoms with E-state index in [1.165, 1.54) is 25.5 Å². The molecule has 8 heteroatoms. The maximum absolute atomic E-state index is 12.8. The van der Waals surface area contributed by atoms with Gasteiger partial charge in [0.15, 0.2) is 0 Å². The maximum atomic E-state index is 12.8. The highest BCUT2D eigenvalue weighted by Crippen LogP contribution is 2.35. The van der Waals surface area contributed by atoms with Crippen LogP contribution in [0.25, 0.3) is 0 Å². The average molecular weight is 379 g/mol. The molecule has 2 aliphatic rings. The Morgan fingerprint density at radius 3 is 2.57 bits per heavy atom. The minimum Gasteiger partial charge on any atom is -0.335 e. The van der Waals surface area contributed by atoms with Gasteiger partial charge in [-0.2, -0.15) is 0 Å². The Labute approximate surface area is 162 Å². The first-order chi connectivity index (χ1) is 13.5. The van der Waals surface area contributed by atoms with E-state index in [1.807, 2.05) is 30.3 Å². The SMILES string of the molecule is CC(=O)N1CC(=O)N(c2ccccc2)C[C@]12CCN(C(=O)c1cnccn1)C2. The number of benzene rings is 1. The molecule has 1 spiro atoms. The van der Waals surface area contributed by atoms with Gasteiger partial charge in [0.1, 0.15) is 12.2 Å². The highest BCUT2D eigenvalue weighted by atomic mass is 16.2. The quantitative estimate of drug-likeness (QED) is 0.776. The van der Waals surface area contributed by atoms with E-state index in [9.17, 15) is 14.4 Å². The van der Waals surface area contributed by atoms with Crippen LogP contribution < -0.4 is 4.90 Å². The standard InChI is InChI=1S/C20H21N5O3/c1-15(26)25-12-18(27)24(16-5-3-2-4-6-16)14-20(25)7-10-23(13-20)19(28)17-11-21-8-9-22-17/h2-6,8-9,11H,7,10,12-14H2,1H3/t20-/m1/s1. The summed E-state index contributed by atoms with van der Waals surface area (Å²) in [7, 11) is 0. The van der Waals surface area contributed by atoms with E-state index in [2.05, 4.69) is 9.97 Å². The van der Waals surface area contributed by atoms with Gasteiger partial charge in [0.05, 0.1) is 18.3 Å². The summed E-state index contributed by atoms with van der Waals surface area (Å²) in [5.74, 6) is -0.489. The van der Waals surface area contributed by atoms with Crippen LogP contribution in [0.2, 0.25) is 0 Å². The smallest absolute Gasteiger partial charge is 0.274 e. The van der Waals surface area contributed by atoms with Crippen LogP contribution in [0, 0.1) is 0 Å². The van der Waals surface area contributed by atoms with Gasteiger partial charge in [-0.05, 0) is 18.6 Å². The number of anilines is 1. The van der Waals surface area contributed by atoms with Gasteiger partial charge in [-0.25, -0.2) is 4.98 Å². The second-order valence-corrected chi connectivity index (χ2v) is 7.21. The van der Waals surface area contributed by atoms with Gasteiger partial charge in [-0.1, -0.05) is 18.2 Å². The number of rotatable bonds is 2. The number of aromatic nitrogens is 2. The maximum Gasteiger partial charge on any atom is 0.274 e. The van der Waals surface area contributed by atoms with Gasteiger partial charge in [-0.15, -0.1) is 0 Å². The number of carbonyl (C=O) groups excluding carboxylic acids is 3. The molecule has 8 nitrogen and oxygen atoms in total. The predicted octanol–water partition coefficient (Wildman–Crippen LogP) is 0.957. The third kappa shape index (κ3) is 3.11. The fourth-order valence-electron chi connectivity index (χ4n) is 4.10. The summed E-state index contributed by atoms with van der Waals surface area (Å²) in [5.41, 5.74) is 0.475. The number of hydrogen-bond donors (Lipinski definition) is 0. The molecule has 28 heavy (non-hydrogen) atoms. The van der Waals surface area contributed by atoms with E-state index in [4.69, 9.17) is 0 Å². The monoisotopic (exact) mass is 379 g/mol. The van der Waals surface area contributed by atoms with Crippen LogP contribution in [0.5, 0.6) is 0 Å². The Morgan fingerprint density at radius 2 is 1.89 bits per heavy atom. The number of piperazine rings is 1. The first kappa shape index (κ1) is 18.1. The van der Waals surface area contributed by atoms with E-state index >= 15 is 0 Å². The van der Waals surface area contributed by atoms with Crippen LogP contribution >= 0.6 is 0 Å². The van der Waals surface area contributed by atoms with Crippen molar-refractivity contribution in [1.82, 2.24) is 19.8 Å². The fraction of sp³-hybridized carbons (Fsp3) is 0.350. The van der Waals surface area contributed by atoms with Crippen molar-refractivity contribution in [3.63, 3.8) is 0 Å². The molecule has 0 saturated carbocycles. The lowest BCUT2D eigenvalue weighted by atomic mass is 9.91. The molecule has 1 aromatic heterocycles. The first-order valence-electron chi connectivity index (χ1n) is 9.19. The Balaban J connectivity index is 1.62. The van der Waals surface area contributed by atoms with Crippen molar-refractivity contribution in [2.24, 2.45) is 0 Å². The van der Waals surface area contributed by atoms with Crippen molar-refractivity contribution in [2.45, 2.75) is 18.9 Å². The molecule has 4 rings (SSSR count). The van der Waals surface area contributed by atoms with Crippen LogP contribution in [0.3, 0.4) is 0 Å². The van der Waals surface area contributed by atoms with Crippen LogP contribution in [-0.4, -0.2) is 69.2 Å². The second kappa shape index (κ2) is 7.03. The van der Waals surface area contributed by atoms with Crippen LogP contribution in [-0.2, 0) is 9.59 Å². The Bertz CT molecular complexity index is 905. The zero-order valence-electron chi connectivity index (χ0n) is 15.6. The summed E-state index contributed by atoms with van der Waals surface area (Å²) in [6.45, 7) is 2.70. The molecule has 2 fully saturated rings. The van der Waals surface area contributed by atoms with Crippen LogP contribution in [0.4, 0.5) is 5.69 Å². The van der Waals surface area contributed by atoms with E-state index in [-0.39, 0.29) is 30.0 Å². The number of carbonyl (C=O) groups is 3. The molecule has 144 valence electrons. The summed E-state index contributed by atoms with van der Waals surface area (Å²) in [4.78, 5) is 50.9. The minimum absolute atomic E-state index is 0.0113. The number of likely N-dealkylation sites (tertiary alicyclic amines) is 1. The summed E-state index contributed by atoms with van der Waals surface area (Å²) in [5, 5.41) is 0. The Hall–Kier alpha value is -3.29. The Kier molecular flexibility index (Phi) is 4.54. The largest absolute Gasteiger partial charge is 0.335 e. The van der Waals surface area contributed by atoms with Gasteiger partial charge in [-0.3, -0.25) is 19.4 Å². The molecule has 2 aromatic rings. The molecular formula is C20H21N5O3. The van der Waals surface area contributed by atoms with Gasteiger partial charge in [0, 0.05) is 38.1 Å². The lowest BCUT2D eigenvalue weighted by Gasteiger charge is -2.48. The van der Waals surface area contributed by atoms with E-state index in [0.717, 1.165) is 5.69 Å². The molecule has 0 unspecified atom stereocenters. The third-order valence-corrected chi connectivity index (χ3v) is 5.47. The molecule has 1 atom stereocenters. The fourth-order valence-corrected chi connectivity index (χ4v) is 4.10. The van der Waals surface area contributed by atoms with Gasteiger partial charge < -0.3 is 14.7 Å². The van der Waals surface area contributed by atoms with E-state index in [0.29, 0.717) is 26.1 Å². The summed E-state index contributed by atoms with van der Waals surface area (Å²) < 4.78 is 0. The minimum atomic E-state index is -0.604. The normalized spacial score (nSPS) is 22.0. The average Bonchev–Trinajstić information content (AvgIpc) is 3.14. The molecule has 0 aliphatic carbocycles. The van der Waals surface area contributed by atoms with Gasteiger partial charge >= 0.3 is 0 Å². The molecular weight excluding hydrogens is 358 g/mol. The van der Waals surface area contributed by atoms with Crippen LogP contribution in [0.1, 0.15) is 23.8 Å². The molecule has 0 radical (unpaired) electrons. The molecule has 0 N–H and O–H groups in total. The molecule has 1 aromatic carbocycles. The van der Waals surface area contributed by atoms with Crippen molar-refractivity contribution in [3.8, 4) is 0 Å². The third-order valence-electron chi connectivity index (χ3n) is 5.47. The molecule has 2 aliphatic heterocycles. The van der Waals surface area contributed by atoms with E-state index in [1.54, 1.807) is 14.7 Å². The highest BCUT2D eigenvalue weighted by molar-refractivity contribution is 5.98. The lowest BCUT2D eigenvalue weighted by Crippen LogP contribution is -2.67. The Morgan fingerprint density at radius 1 is 1.11 bits per heavy atom. The predicted molar refractivity (Wildman–Crippen MR) is 101 cm³/mol. The van der Waals surface area contributed by atoms with Crippen molar-refractivity contribution in [2.75, 3.05) is 31.1 Å². The number of hydrogen-bond acceptors (Lipinski definition) is 5. The summed E-state index contributed by atoms with van der Waals surface area (Å²) in [6, 6.07) is 9.42. The number of amides is 3.